The normalized spacial score (nSPS) is 24.0. The number of carbonyl (C=O) groups excluding carboxylic acids is 2. The van der Waals surface area contributed by atoms with Crippen LogP contribution in [0.5, 0.6) is 0 Å². The molecular weight excluding hydrogens is 475 g/mol. The third-order valence-corrected chi connectivity index (χ3v) is 7.43. The summed E-state index contributed by atoms with van der Waals surface area (Å²) < 4.78 is 44.7. The van der Waals surface area contributed by atoms with Crippen molar-refractivity contribution in [3.8, 4) is 0 Å². The summed E-state index contributed by atoms with van der Waals surface area (Å²) in [6, 6.07) is 10.6. The fourth-order valence-corrected chi connectivity index (χ4v) is 5.03. The van der Waals surface area contributed by atoms with Gasteiger partial charge in [0, 0.05) is 35.0 Å². The van der Waals surface area contributed by atoms with Crippen molar-refractivity contribution >= 4 is 12.0 Å². The summed E-state index contributed by atoms with van der Waals surface area (Å²) in [5.74, 6) is -0.237. The summed E-state index contributed by atoms with van der Waals surface area (Å²) >= 11 is 0. The number of rotatable bonds is 7. The summed E-state index contributed by atoms with van der Waals surface area (Å²) in [6.45, 7) is 0.794. The Morgan fingerprint density at radius 2 is 1.69 bits per heavy atom. The first kappa shape index (κ1) is 25.9. The zero-order valence-corrected chi connectivity index (χ0v) is 20.0. The Balaban J connectivity index is 1.51. The molecule has 1 aromatic heterocycles. The van der Waals surface area contributed by atoms with Gasteiger partial charge in [0.15, 0.2) is 5.60 Å². The van der Waals surface area contributed by atoms with Gasteiger partial charge in [-0.1, -0.05) is 18.2 Å². The number of pyridine rings is 1. The van der Waals surface area contributed by atoms with Gasteiger partial charge in [-0.15, -0.1) is 0 Å². The predicted octanol–water partition coefficient (Wildman–Crippen LogP) is 4.43. The van der Waals surface area contributed by atoms with Crippen LogP contribution in [0.4, 0.5) is 18.0 Å². The Morgan fingerprint density at radius 3 is 2.19 bits per heavy atom. The SMILES string of the molecule is C[C@@](O)(c1ccc(C(=O)N(C2CC2)C2CCC(COC(N)=O)(c3ccccn3)CC2)cc1)C(F)(F)F. The molecule has 10 heteroatoms. The number of carbonyl (C=O) groups is 2. The molecule has 2 fully saturated rings. The van der Waals surface area contributed by atoms with Gasteiger partial charge in [0.25, 0.3) is 5.91 Å². The number of alkyl halides is 3. The van der Waals surface area contributed by atoms with E-state index < -0.39 is 23.3 Å². The largest absolute Gasteiger partial charge is 0.449 e. The van der Waals surface area contributed by atoms with Gasteiger partial charge in [-0.2, -0.15) is 13.2 Å². The average Bonchev–Trinajstić information content (AvgIpc) is 3.69. The molecule has 36 heavy (non-hydrogen) atoms. The second-order valence-electron chi connectivity index (χ2n) is 9.93. The van der Waals surface area contributed by atoms with Gasteiger partial charge in [-0.05, 0) is 75.3 Å². The molecular formula is C26H30F3N3O4. The van der Waals surface area contributed by atoms with Crippen LogP contribution in [-0.4, -0.2) is 51.9 Å². The highest BCUT2D eigenvalue weighted by Gasteiger charge is 2.51. The molecule has 0 unspecified atom stereocenters. The van der Waals surface area contributed by atoms with Crippen LogP contribution in [-0.2, 0) is 15.8 Å². The number of nitrogens with two attached hydrogens (primary N) is 1. The molecule has 4 rings (SSSR count). The number of ether oxygens (including phenoxy) is 1. The van der Waals surface area contributed by atoms with Crippen LogP contribution < -0.4 is 5.73 Å². The number of aromatic nitrogens is 1. The maximum atomic E-state index is 13.5. The van der Waals surface area contributed by atoms with Gasteiger partial charge in [-0.25, -0.2) is 4.79 Å². The second kappa shape index (κ2) is 9.72. The molecule has 0 aliphatic heterocycles. The van der Waals surface area contributed by atoms with Crippen molar-refractivity contribution in [2.45, 2.75) is 74.7 Å². The molecule has 7 nitrogen and oxygen atoms in total. The Bertz CT molecular complexity index is 1080. The molecule has 0 bridgehead atoms. The van der Waals surface area contributed by atoms with Gasteiger partial charge >= 0.3 is 12.3 Å². The first-order chi connectivity index (χ1) is 16.9. The number of halogens is 3. The number of benzene rings is 1. The third-order valence-electron chi connectivity index (χ3n) is 7.43. The lowest BCUT2D eigenvalue weighted by Crippen LogP contribution is -2.48. The molecule has 2 amide bonds. The highest BCUT2D eigenvalue weighted by molar-refractivity contribution is 5.95. The topological polar surface area (TPSA) is 106 Å². The number of aliphatic hydroxyl groups is 1. The van der Waals surface area contributed by atoms with Gasteiger partial charge in [-0.3, -0.25) is 9.78 Å². The van der Waals surface area contributed by atoms with Crippen LogP contribution in [0.25, 0.3) is 0 Å². The Hall–Kier alpha value is -3.14. The minimum absolute atomic E-state index is 0.0617. The molecule has 2 saturated carbocycles. The number of primary amides is 1. The van der Waals surface area contributed by atoms with Crippen molar-refractivity contribution in [3.63, 3.8) is 0 Å². The molecule has 1 atom stereocenters. The molecule has 0 saturated heterocycles. The molecule has 2 aromatic rings. The van der Waals surface area contributed by atoms with Crippen LogP contribution in [0.1, 0.15) is 67.1 Å². The number of nitrogens with zero attached hydrogens (tertiary/aromatic N) is 2. The smallest absolute Gasteiger partial charge is 0.421 e. The van der Waals surface area contributed by atoms with Crippen molar-refractivity contribution in [2.75, 3.05) is 6.61 Å². The monoisotopic (exact) mass is 505 g/mol. The minimum atomic E-state index is -4.83. The highest BCUT2D eigenvalue weighted by Crippen LogP contribution is 2.43. The van der Waals surface area contributed by atoms with Crippen LogP contribution in [0, 0.1) is 0 Å². The van der Waals surface area contributed by atoms with Crippen LogP contribution in [0.2, 0.25) is 0 Å². The number of hydrogen-bond donors (Lipinski definition) is 2. The molecule has 2 aliphatic rings. The first-order valence-corrected chi connectivity index (χ1v) is 12.0. The standard InChI is InChI=1S/C26H30F3N3O4/c1-24(35,26(27,28)29)18-7-5-17(6-8-18)22(33)32(19-9-10-19)20-11-13-25(14-12-20,16-36-23(30)34)21-4-2-3-15-31-21/h2-8,15,19-20,35H,9-14,16H2,1H3,(H2,30,34)/t20?,24-,25?/m1/s1. The van der Waals surface area contributed by atoms with E-state index in [4.69, 9.17) is 10.5 Å². The van der Waals surface area contributed by atoms with Crippen molar-refractivity contribution in [2.24, 2.45) is 5.73 Å². The highest BCUT2D eigenvalue weighted by atomic mass is 19.4. The van der Waals surface area contributed by atoms with E-state index in [1.54, 1.807) is 6.20 Å². The number of hydrogen-bond acceptors (Lipinski definition) is 5. The second-order valence-corrected chi connectivity index (χ2v) is 9.93. The molecule has 3 N–H and O–H groups in total. The van der Waals surface area contributed by atoms with E-state index in [9.17, 15) is 27.9 Å². The maximum Gasteiger partial charge on any atom is 0.421 e. The lowest BCUT2D eigenvalue weighted by molar-refractivity contribution is -0.258. The molecule has 0 radical (unpaired) electrons. The lowest BCUT2D eigenvalue weighted by Gasteiger charge is -2.43. The molecule has 1 aromatic carbocycles. The summed E-state index contributed by atoms with van der Waals surface area (Å²) in [6.07, 6.45) is 0.321. The van der Waals surface area contributed by atoms with Crippen molar-refractivity contribution < 1.29 is 32.6 Å². The van der Waals surface area contributed by atoms with Gasteiger partial charge in [0.05, 0.1) is 0 Å². The van der Waals surface area contributed by atoms with Gasteiger partial charge in [0.1, 0.15) is 6.61 Å². The zero-order valence-electron chi connectivity index (χ0n) is 20.0. The summed E-state index contributed by atoms with van der Waals surface area (Å²) in [5, 5.41) is 9.92. The van der Waals surface area contributed by atoms with Gasteiger partial charge < -0.3 is 20.5 Å². The molecule has 0 spiro atoms. The quantitative estimate of drug-likeness (QED) is 0.579. The Labute approximate surface area is 207 Å². The van der Waals surface area contributed by atoms with Gasteiger partial charge in [0.2, 0.25) is 0 Å². The average molecular weight is 506 g/mol. The van der Waals surface area contributed by atoms with E-state index in [1.165, 1.54) is 12.1 Å². The first-order valence-electron chi connectivity index (χ1n) is 12.0. The van der Waals surface area contributed by atoms with E-state index in [2.05, 4.69) is 4.98 Å². The van der Waals surface area contributed by atoms with Crippen LogP contribution in [0.3, 0.4) is 0 Å². The van der Waals surface area contributed by atoms with Crippen LogP contribution in [0.15, 0.2) is 48.7 Å². The fraction of sp³-hybridized carbons (Fsp3) is 0.500. The van der Waals surface area contributed by atoms with Crippen LogP contribution >= 0.6 is 0 Å². The summed E-state index contributed by atoms with van der Waals surface area (Å²) in [4.78, 5) is 31.1. The van der Waals surface area contributed by atoms with E-state index in [1.807, 2.05) is 23.1 Å². The van der Waals surface area contributed by atoms with E-state index >= 15 is 0 Å². The Morgan fingerprint density at radius 1 is 1.08 bits per heavy atom. The summed E-state index contributed by atoms with van der Waals surface area (Å²) in [7, 11) is 0. The number of amides is 2. The van der Waals surface area contributed by atoms with E-state index in [-0.39, 0.29) is 35.7 Å². The third kappa shape index (κ3) is 5.18. The fourth-order valence-electron chi connectivity index (χ4n) is 5.03. The van der Waals surface area contributed by atoms with E-state index in [0.717, 1.165) is 30.7 Å². The Kier molecular flexibility index (Phi) is 7.01. The minimum Gasteiger partial charge on any atom is -0.449 e. The molecule has 1 heterocycles. The zero-order chi connectivity index (χ0) is 26.1. The molecule has 2 aliphatic carbocycles. The van der Waals surface area contributed by atoms with E-state index in [0.29, 0.717) is 32.6 Å². The lowest BCUT2D eigenvalue weighted by atomic mass is 9.70. The van der Waals surface area contributed by atoms with Crippen molar-refractivity contribution in [1.82, 2.24) is 9.88 Å². The summed E-state index contributed by atoms with van der Waals surface area (Å²) in [5.41, 5.74) is 2.48. The van der Waals surface area contributed by atoms with Crippen molar-refractivity contribution in [1.29, 1.82) is 0 Å². The van der Waals surface area contributed by atoms with Crippen molar-refractivity contribution in [3.05, 3.63) is 65.5 Å². The maximum absolute atomic E-state index is 13.5. The predicted molar refractivity (Wildman–Crippen MR) is 125 cm³/mol. The molecule has 194 valence electrons.